The molecule has 0 aromatic carbocycles. The van der Waals surface area contributed by atoms with Crippen molar-refractivity contribution >= 4 is 5.97 Å². The molecule has 0 rings (SSSR count). The third-order valence-corrected chi connectivity index (χ3v) is 3.12. The van der Waals surface area contributed by atoms with Gasteiger partial charge in [-0.05, 0) is 58.5 Å². The van der Waals surface area contributed by atoms with Gasteiger partial charge in [0, 0.05) is 6.42 Å². The molecule has 0 spiro atoms. The topological polar surface area (TPSA) is 73.1 Å². The van der Waals surface area contributed by atoms with E-state index in [1.807, 2.05) is 13.8 Å². The average molecular weight is 254 g/mol. The van der Waals surface area contributed by atoms with Crippen molar-refractivity contribution in [2.75, 3.05) is 13.1 Å². The first-order valence-corrected chi connectivity index (χ1v) is 6.71. The highest BCUT2D eigenvalue weighted by atomic mass is 16.4. The Bertz CT molecular complexity index is 282. The van der Waals surface area contributed by atoms with Crippen LogP contribution in [0.4, 0.5) is 0 Å². The van der Waals surface area contributed by atoms with E-state index in [0.717, 1.165) is 38.8 Å². The molecule has 2 N–H and O–H groups in total. The lowest BCUT2D eigenvalue weighted by atomic mass is 9.90. The van der Waals surface area contributed by atoms with Gasteiger partial charge in [-0.15, -0.1) is 0 Å². The summed E-state index contributed by atoms with van der Waals surface area (Å²) in [6.45, 7) is 7.86. The number of hydrogen-bond acceptors (Lipinski definition) is 3. The third-order valence-electron chi connectivity index (χ3n) is 3.12. The van der Waals surface area contributed by atoms with Crippen LogP contribution in [-0.2, 0) is 4.79 Å². The molecule has 1 unspecified atom stereocenters. The van der Waals surface area contributed by atoms with E-state index in [1.54, 1.807) is 0 Å². The van der Waals surface area contributed by atoms with E-state index in [0.29, 0.717) is 5.92 Å². The van der Waals surface area contributed by atoms with E-state index in [-0.39, 0.29) is 11.8 Å². The molecule has 0 aliphatic carbocycles. The monoisotopic (exact) mass is 254 g/mol. The lowest BCUT2D eigenvalue weighted by molar-refractivity contribution is -0.137. The standard InChI is InChI=1S/C14H26N2O2/c1-12(5-6-13(17)18)7-10-16-9-4-8-14(2,3)11-15/h12,16H,4-10H2,1-3H3,(H,17,18). The zero-order valence-corrected chi connectivity index (χ0v) is 11.8. The summed E-state index contributed by atoms with van der Waals surface area (Å²) < 4.78 is 0. The molecule has 0 amide bonds. The third kappa shape index (κ3) is 10.1. The fourth-order valence-corrected chi connectivity index (χ4v) is 1.70. The van der Waals surface area contributed by atoms with Crippen LogP contribution in [0, 0.1) is 22.7 Å². The maximum absolute atomic E-state index is 10.4. The Morgan fingerprint density at radius 1 is 1.39 bits per heavy atom. The van der Waals surface area contributed by atoms with Gasteiger partial charge in [0.15, 0.2) is 0 Å². The van der Waals surface area contributed by atoms with E-state index in [1.165, 1.54) is 0 Å². The molecule has 0 aliphatic rings. The van der Waals surface area contributed by atoms with Crippen LogP contribution in [0.2, 0.25) is 0 Å². The number of hydrogen-bond donors (Lipinski definition) is 2. The molecule has 104 valence electrons. The van der Waals surface area contributed by atoms with Crippen LogP contribution >= 0.6 is 0 Å². The second-order valence-electron chi connectivity index (χ2n) is 5.68. The summed E-state index contributed by atoms with van der Waals surface area (Å²) in [5.41, 5.74) is -0.226. The Hall–Kier alpha value is -1.08. The van der Waals surface area contributed by atoms with Crippen molar-refractivity contribution < 1.29 is 9.90 Å². The van der Waals surface area contributed by atoms with Crippen LogP contribution in [0.3, 0.4) is 0 Å². The van der Waals surface area contributed by atoms with Crippen LogP contribution in [0.1, 0.15) is 52.9 Å². The van der Waals surface area contributed by atoms with Gasteiger partial charge in [-0.1, -0.05) is 6.92 Å². The first-order chi connectivity index (χ1) is 8.37. The SMILES string of the molecule is CC(CCNCCCC(C)(C)C#N)CCC(=O)O. The van der Waals surface area contributed by atoms with Crippen molar-refractivity contribution in [2.24, 2.45) is 11.3 Å². The Morgan fingerprint density at radius 3 is 2.61 bits per heavy atom. The van der Waals surface area contributed by atoms with Crippen molar-refractivity contribution in [3.05, 3.63) is 0 Å². The second-order valence-corrected chi connectivity index (χ2v) is 5.68. The lowest BCUT2D eigenvalue weighted by Gasteiger charge is -2.15. The fourth-order valence-electron chi connectivity index (χ4n) is 1.70. The van der Waals surface area contributed by atoms with Gasteiger partial charge in [0.2, 0.25) is 0 Å². The molecule has 4 heteroatoms. The van der Waals surface area contributed by atoms with Crippen molar-refractivity contribution in [3.8, 4) is 6.07 Å². The predicted octanol–water partition coefficient (Wildman–Crippen LogP) is 2.80. The van der Waals surface area contributed by atoms with Crippen LogP contribution < -0.4 is 5.32 Å². The molecule has 18 heavy (non-hydrogen) atoms. The van der Waals surface area contributed by atoms with Crippen molar-refractivity contribution in [2.45, 2.75) is 52.9 Å². The van der Waals surface area contributed by atoms with Crippen LogP contribution in [0.15, 0.2) is 0 Å². The molecule has 0 heterocycles. The maximum atomic E-state index is 10.4. The van der Waals surface area contributed by atoms with Gasteiger partial charge in [0.1, 0.15) is 0 Å². The Balaban J connectivity index is 3.41. The first-order valence-electron chi connectivity index (χ1n) is 6.71. The second kappa shape index (κ2) is 8.93. The van der Waals surface area contributed by atoms with Crippen molar-refractivity contribution in [1.29, 1.82) is 5.26 Å². The summed E-state index contributed by atoms with van der Waals surface area (Å²) in [5, 5.41) is 20.8. The van der Waals surface area contributed by atoms with Crippen LogP contribution in [0.25, 0.3) is 0 Å². The number of nitrogens with zero attached hydrogens (tertiary/aromatic N) is 1. The van der Waals surface area contributed by atoms with E-state index < -0.39 is 5.97 Å². The highest BCUT2D eigenvalue weighted by Crippen LogP contribution is 2.19. The van der Waals surface area contributed by atoms with Gasteiger partial charge < -0.3 is 10.4 Å². The fraction of sp³-hybridized carbons (Fsp3) is 0.857. The van der Waals surface area contributed by atoms with E-state index in [2.05, 4.69) is 18.3 Å². The number of nitrogens with one attached hydrogen (secondary N) is 1. The Morgan fingerprint density at radius 2 is 2.06 bits per heavy atom. The van der Waals surface area contributed by atoms with Gasteiger partial charge in [0.25, 0.3) is 0 Å². The molecule has 0 bridgehead atoms. The van der Waals surface area contributed by atoms with Gasteiger partial charge in [-0.25, -0.2) is 0 Å². The summed E-state index contributed by atoms with van der Waals surface area (Å²) >= 11 is 0. The minimum atomic E-state index is -0.714. The minimum Gasteiger partial charge on any atom is -0.481 e. The zero-order valence-electron chi connectivity index (χ0n) is 11.8. The van der Waals surface area contributed by atoms with Gasteiger partial charge in [-0.2, -0.15) is 5.26 Å². The molecule has 0 aromatic rings. The minimum absolute atomic E-state index is 0.226. The van der Waals surface area contributed by atoms with Gasteiger partial charge in [0.05, 0.1) is 11.5 Å². The molecule has 1 atom stereocenters. The average Bonchev–Trinajstić information content (AvgIpc) is 2.31. The summed E-state index contributed by atoms with van der Waals surface area (Å²) in [4.78, 5) is 10.4. The molecule has 0 fully saturated rings. The molecule has 0 saturated heterocycles. The molecular formula is C14H26N2O2. The number of rotatable bonds is 10. The van der Waals surface area contributed by atoms with E-state index >= 15 is 0 Å². The molecular weight excluding hydrogens is 228 g/mol. The number of carboxylic acids is 1. The number of aliphatic carboxylic acids is 1. The summed E-state index contributed by atoms with van der Waals surface area (Å²) in [5.74, 6) is -0.266. The first kappa shape index (κ1) is 16.9. The molecule has 0 saturated carbocycles. The number of carboxylic acid groups (broad SMARTS) is 1. The smallest absolute Gasteiger partial charge is 0.303 e. The Kier molecular flexibility index (Phi) is 8.40. The Labute approximate surface area is 110 Å². The van der Waals surface area contributed by atoms with Gasteiger partial charge in [-0.3, -0.25) is 4.79 Å². The van der Waals surface area contributed by atoms with Crippen LogP contribution in [0.5, 0.6) is 0 Å². The molecule has 0 aliphatic heterocycles. The van der Waals surface area contributed by atoms with E-state index in [4.69, 9.17) is 10.4 Å². The summed E-state index contributed by atoms with van der Waals surface area (Å²) in [7, 11) is 0. The van der Waals surface area contributed by atoms with Crippen molar-refractivity contribution in [1.82, 2.24) is 5.32 Å². The van der Waals surface area contributed by atoms with E-state index in [9.17, 15) is 4.79 Å². The number of carbonyl (C=O) groups is 1. The number of nitriles is 1. The summed E-state index contributed by atoms with van der Waals surface area (Å²) in [6, 6.07) is 2.29. The summed E-state index contributed by atoms with van der Waals surface area (Å²) in [6.07, 6.45) is 3.93. The van der Waals surface area contributed by atoms with Gasteiger partial charge >= 0.3 is 5.97 Å². The quantitative estimate of drug-likeness (QED) is 0.588. The largest absolute Gasteiger partial charge is 0.481 e. The predicted molar refractivity (Wildman–Crippen MR) is 72.1 cm³/mol. The molecule has 0 aromatic heterocycles. The van der Waals surface area contributed by atoms with Crippen molar-refractivity contribution in [3.63, 3.8) is 0 Å². The zero-order chi connectivity index (χ0) is 14.0. The normalized spacial score (nSPS) is 13.0. The molecule has 0 radical (unpaired) electrons. The maximum Gasteiger partial charge on any atom is 0.303 e. The molecule has 4 nitrogen and oxygen atoms in total. The highest BCUT2D eigenvalue weighted by molar-refractivity contribution is 5.66. The highest BCUT2D eigenvalue weighted by Gasteiger charge is 2.15. The lowest BCUT2D eigenvalue weighted by Crippen LogP contribution is -2.20. The van der Waals surface area contributed by atoms with Crippen LogP contribution in [-0.4, -0.2) is 24.2 Å².